The van der Waals surface area contributed by atoms with Crippen molar-refractivity contribution in [3.63, 3.8) is 0 Å². The van der Waals surface area contributed by atoms with Crippen LogP contribution in [0.1, 0.15) is 36.6 Å². The van der Waals surface area contributed by atoms with Crippen LogP contribution in [-0.4, -0.2) is 37.3 Å². The highest BCUT2D eigenvalue weighted by atomic mass is 35.5. The Hall–Kier alpha value is -4.67. The molecular weight excluding hydrogens is 602 g/mol. The maximum Gasteiger partial charge on any atom is 0.338 e. The third-order valence-corrected chi connectivity index (χ3v) is 9.09. The number of halogens is 1. The summed E-state index contributed by atoms with van der Waals surface area (Å²) in [7, 11) is 3.05. The van der Waals surface area contributed by atoms with E-state index in [-0.39, 0.29) is 34.7 Å². The monoisotopic (exact) mass is 629 g/mol. The van der Waals surface area contributed by atoms with Crippen LogP contribution in [0.15, 0.2) is 87.8 Å². The minimum Gasteiger partial charge on any atom is -0.497 e. The normalized spacial score (nSPS) is 16.8. The highest BCUT2D eigenvalue weighted by Gasteiger charge is 2.38. The average molecular weight is 630 g/mol. The zero-order valence-electron chi connectivity index (χ0n) is 24.4. The van der Waals surface area contributed by atoms with Crippen molar-refractivity contribution in [3.8, 4) is 11.5 Å². The van der Waals surface area contributed by atoms with Crippen molar-refractivity contribution >= 4 is 46.1 Å². The van der Waals surface area contributed by atoms with Crippen LogP contribution in [0.25, 0.3) is 5.57 Å². The third kappa shape index (κ3) is 4.80. The maximum absolute atomic E-state index is 14.5. The second-order valence-corrected chi connectivity index (χ2v) is 11.5. The minimum atomic E-state index is -0.925. The van der Waals surface area contributed by atoms with Crippen molar-refractivity contribution in [3.05, 3.63) is 119 Å². The smallest absolute Gasteiger partial charge is 0.338 e. The Morgan fingerprint density at radius 1 is 1.02 bits per heavy atom. The van der Waals surface area contributed by atoms with Crippen LogP contribution in [0.5, 0.6) is 11.5 Å². The number of ether oxygens (including phenoxy) is 3. The highest BCUT2D eigenvalue weighted by Crippen LogP contribution is 2.39. The van der Waals surface area contributed by atoms with Crippen LogP contribution in [0.3, 0.4) is 0 Å². The van der Waals surface area contributed by atoms with E-state index >= 15 is 0 Å². The molecule has 44 heavy (non-hydrogen) atoms. The van der Waals surface area contributed by atoms with E-state index in [4.69, 9.17) is 25.8 Å². The van der Waals surface area contributed by atoms with Gasteiger partial charge in [0.1, 0.15) is 22.1 Å². The summed E-state index contributed by atoms with van der Waals surface area (Å²) in [5, 5.41) is 0.543. The number of amides is 1. The van der Waals surface area contributed by atoms with Crippen molar-refractivity contribution in [1.82, 2.24) is 4.57 Å². The summed E-state index contributed by atoms with van der Waals surface area (Å²) in [5.41, 5.74) is 3.06. The second-order valence-electron chi connectivity index (χ2n) is 10.1. The number of anilines is 1. The summed E-state index contributed by atoms with van der Waals surface area (Å²) in [6.45, 7) is 3.79. The first-order valence-electron chi connectivity index (χ1n) is 13.9. The SMILES string of the molecule is CCOC(=O)C1=C(C)N=c2s/c(=C3/C(=O)N(Cc4ccccc4Cl)c4ccccc43)c(=O)n2[C@H]1c1ccc(OC)cc1OC. The van der Waals surface area contributed by atoms with Crippen LogP contribution in [-0.2, 0) is 20.9 Å². The van der Waals surface area contributed by atoms with Gasteiger partial charge in [-0.1, -0.05) is 59.3 Å². The maximum atomic E-state index is 14.5. The lowest BCUT2D eigenvalue weighted by atomic mass is 9.95. The summed E-state index contributed by atoms with van der Waals surface area (Å²) in [6.07, 6.45) is 0. The van der Waals surface area contributed by atoms with Gasteiger partial charge in [0.25, 0.3) is 11.5 Å². The molecule has 0 N–H and O–H groups in total. The molecule has 0 unspecified atom stereocenters. The molecule has 0 radical (unpaired) electrons. The largest absolute Gasteiger partial charge is 0.497 e. The fourth-order valence-electron chi connectivity index (χ4n) is 5.63. The number of aromatic nitrogens is 1. The molecule has 1 atom stereocenters. The highest BCUT2D eigenvalue weighted by molar-refractivity contribution is 7.07. The molecule has 0 aliphatic carbocycles. The second kappa shape index (κ2) is 11.8. The van der Waals surface area contributed by atoms with Crippen molar-refractivity contribution in [2.24, 2.45) is 4.99 Å². The lowest BCUT2D eigenvalue weighted by Crippen LogP contribution is -2.41. The first-order chi connectivity index (χ1) is 21.3. The van der Waals surface area contributed by atoms with Crippen molar-refractivity contribution < 1.29 is 23.8 Å². The molecule has 0 fully saturated rings. The Morgan fingerprint density at radius 3 is 2.50 bits per heavy atom. The van der Waals surface area contributed by atoms with E-state index in [1.165, 1.54) is 11.7 Å². The van der Waals surface area contributed by atoms with Crippen molar-refractivity contribution in [2.45, 2.75) is 26.4 Å². The zero-order valence-corrected chi connectivity index (χ0v) is 26.0. The lowest BCUT2D eigenvalue weighted by molar-refractivity contribution is -0.139. The molecule has 0 saturated heterocycles. The van der Waals surface area contributed by atoms with Crippen molar-refractivity contribution in [1.29, 1.82) is 0 Å². The topological polar surface area (TPSA) is 99.4 Å². The standard InChI is InChI=1S/C33H28ClN3O6S/c1-5-43-32(40)26-18(2)35-33-37(28(26)22-15-14-20(41-3)16-25(22)42-4)31(39)29(44-33)27-21-11-7-9-13-24(21)36(30(27)38)17-19-10-6-8-12-23(19)34/h6-16,28H,5,17H2,1-4H3/b29-27+/t28-/m0/s1. The number of fused-ring (bicyclic) bond motifs is 2. The molecule has 2 aliphatic rings. The van der Waals surface area contributed by atoms with Gasteiger partial charge < -0.3 is 19.1 Å². The van der Waals surface area contributed by atoms with E-state index in [9.17, 15) is 14.4 Å². The number of carbonyl (C=O) groups excluding carboxylic acids is 2. The quantitative estimate of drug-likeness (QED) is 0.281. The Balaban J connectivity index is 1.60. The van der Waals surface area contributed by atoms with Crippen molar-refractivity contribution in [2.75, 3.05) is 25.7 Å². The van der Waals surface area contributed by atoms with E-state index in [1.807, 2.05) is 42.5 Å². The number of hydrogen-bond donors (Lipinski definition) is 0. The summed E-state index contributed by atoms with van der Waals surface area (Å²) in [6, 6.07) is 18.9. The van der Waals surface area contributed by atoms with Crippen LogP contribution in [0, 0.1) is 0 Å². The van der Waals surface area contributed by atoms with Crippen LogP contribution >= 0.6 is 22.9 Å². The number of para-hydroxylation sites is 1. The number of rotatable bonds is 7. The van der Waals surface area contributed by atoms with Gasteiger partial charge in [0.2, 0.25) is 0 Å². The molecule has 1 amide bonds. The first kappa shape index (κ1) is 29.4. The number of thiazole rings is 1. The molecule has 11 heteroatoms. The molecule has 2 aliphatic heterocycles. The van der Waals surface area contributed by atoms with E-state index < -0.39 is 17.6 Å². The van der Waals surface area contributed by atoms with Gasteiger partial charge in [0, 0.05) is 22.2 Å². The Bertz CT molecular complexity index is 2050. The Morgan fingerprint density at radius 2 is 1.77 bits per heavy atom. The van der Waals surface area contributed by atoms with Gasteiger partial charge in [-0.15, -0.1) is 0 Å². The van der Waals surface area contributed by atoms with Gasteiger partial charge in [-0.05, 0) is 43.7 Å². The fraction of sp³-hybridized carbons (Fsp3) is 0.212. The lowest BCUT2D eigenvalue weighted by Gasteiger charge is -2.26. The molecule has 0 spiro atoms. The molecule has 9 nitrogen and oxygen atoms in total. The third-order valence-electron chi connectivity index (χ3n) is 7.66. The molecule has 3 heterocycles. The number of carbonyl (C=O) groups is 2. The number of esters is 1. The minimum absolute atomic E-state index is 0.142. The summed E-state index contributed by atoms with van der Waals surface area (Å²) >= 11 is 7.56. The van der Waals surface area contributed by atoms with Gasteiger partial charge in [0.15, 0.2) is 4.80 Å². The molecule has 0 saturated carbocycles. The molecule has 0 bridgehead atoms. The summed E-state index contributed by atoms with van der Waals surface area (Å²) < 4.78 is 18.2. The number of hydrogen-bond acceptors (Lipinski definition) is 8. The van der Waals surface area contributed by atoms with Crippen LogP contribution < -0.4 is 29.3 Å². The Labute approximate surface area is 261 Å². The van der Waals surface area contributed by atoms with Crippen LogP contribution in [0.2, 0.25) is 5.02 Å². The predicted octanol–water partition coefficient (Wildman–Crippen LogP) is 4.39. The summed E-state index contributed by atoms with van der Waals surface area (Å²) in [4.78, 5) is 48.6. The van der Waals surface area contributed by atoms with E-state index in [2.05, 4.69) is 4.99 Å². The average Bonchev–Trinajstić information content (AvgIpc) is 3.49. The molecule has 224 valence electrons. The number of methoxy groups -OCH3 is 2. The first-order valence-corrected chi connectivity index (χ1v) is 15.1. The molecule has 6 rings (SSSR count). The predicted molar refractivity (Wildman–Crippen MR) is 168 cm³/mol. The molecule has 1 aromatic heterocycles. The summed E-state index contributed by atoms with van der Waals surface area (Å²) in [5.74, 6) is 0.0433. The van der Waals surface area contributed by atoms with E-state index in [0.717, 1.165) is 16.9 Å². The number of benzene rings is 3. The molecule has 4 aromatic rings. The van der Waals surface area contributed by atoms with E-state index in [0.29, 0.717) is 43.8 Å². The van der Waals surface area contributed by atoms with Gasteiger partial charge in [0.05, 0.1) is 49.9 Å². The van der Waals surface area contributed by atoms with Crippen LogP contribution in [0.4, 0.5) is 5.69 Å². The molecular formula is C33H28ClN3O6S. The fourth-order valence-corrected chi connectivity index (χ4v) is 6.97. The van der Waals surface area contributed by atoms with E-state index in [1.54, 1.807) is 50.1 Å². The number of nitrogens with zero attached hydrogens (tertiary/aromatic N) is 3. The van der Waals surface area contributed by atoms with Gasteiger partial charge >= 0.3 is 5.97 Å². The zero-order chi connectivity index (χ0) is 31.1. The Kier molecular flexibility index (Phi) is 7.87. The van der Waals surface area contributed by atoms with Gasteiger partial charge in [-0.25, -0.2) is 9.79 Å². The van der Waals surface area contributed by atoms with Gasteiger partial charge in [-0.2, -0.15) is 0 Å². The molecule has 3 aromatic carbocycles. The van der Waals surface area contributed by atoms with Gasteiger partial charge in [-0.3, -0.25) is 14.2 Å². The number of allylic oxidation sites excluding steroid dienone is 1.